The summed E-state index contributed by atoms with van der Waals surface area (Å²) in [6.45, 7) is 7.56. The van der Waals surface area contributed by atoms with Gasteiger partial charge in [-0.05, 0) is 32.1 Å². The molecule has 30 heavy (non-hydrogen) atoms. The van der Waals surface area contributed by atoms with Crippen molar-refractivity contribution >= 4 is 17.7 Å². The number of carbonyl (C=O) groups is 1. The monoisotopic (exact) mass is 420 g/mol. The lowest BCUT2D eigenvalue weighted by molar-refractivity contribution is -0.132. The Labute approximate surface area is 175 Å². The van der Waals surface area contributed by atoms with Crippen molar-refractivity contribution < 1.29 is 13.6 Å². The summed E-state index contributed by atoms with van der Waals surface area (Å²) in [5.74, 6) is -1.33. The van der Waals surface area contributed by atoms with Gasteiger partial charge in [0.25, 0.3) is 5.92 Å². The van der Waals surface area contributed by atoms with Crippen molar-refractivity contribution in [1.82, 2.24) is 20.2 Å². The molecule has 1 aromatic rings. The van der Waals surface area contributed by atoms with Crippen LogP contribution in [-0.2, 0) is 17.1 Å². The molecule has 0 bridgehead atoms. The van der Waals surface area contributed by atoms with E-state index in [9.17, 15) is 13.6 Å². The molecule has 1 N–H and O–H groups in total. The maximum absolute atomic E-state index is 14.5. The fourth-order valence-corrected chi connectivity index (χ4v) is 5.08. The molecule has 2 atom stereocenters. The van der Waals surface area contributed by atoms with Gasteiger partial charge in [0, 0.05) is 70.3 Å². The number of rotatable bonds is 4. The number of amides is 1. The Hall–Kier alpha value is -2.03. The lowest BCUT2D eigenvalue weighted by Gasteiger charge is -2.39. The lowest BCUT2D eigenvalue weighted by Crippen LogP contribution is -2.47. The fraction of sp³-hybridized carbons (Fsp3) is 0.762. The third-order valence-corrected chi connectivity index (χ3v) is 7.10. The molecular weight excluding hydrogens is 390 g/mol. The van der Waals surface area contributed by atoms with E-state index in [1.807, 2.05) is 9.80 Å². The first kappa shape index (κ1) is 19.9. The van der Waals surface area contributed by atoms with Crippen LogP contribution in [0.4, 0.5) is 20.5 Å². The smallest absolute Gasteiger partial charge is 0.290 e. The number of hydrogen-bond donors (Lipinski definition) is 1. The summed E-state index contributed by atoms with van der Waals surface area (Å²) in [5.41, 5.74) is 0.521. The number of nitrogens with one attached hydrogen (secondary N) is 1. The highest BCUT2D eigenvalue weighted by molar-refractivity contribution is 5.76. The van der Waals surface area contributed by atoms with Crippen molar-refractivity contribution in [2.75, 3.05) is 55.6 Å². The first-order valence-corrected chi connectivity index (χ1v) is 11.2. The van der Waals surface area contributed by atoms with E-state index in [2.05, 4.69) is 22.1 Å². The highest BCUT2D eigenvalue weighted by Gasteiger charge is 2.45. The quantitative estimate of drug-likeness (QED) is 0.801. The zero-order chi connectivity index (χ0) is 20.9. The zero-order valence-corrected chi connectivity index (χ0v) is 17.5. The number of alkyl halides is 2. The number of hydrogen-bond acceptors (Lipinski definition) is 6. The number of halogens is 2. The Kier molecular flexibility index (Phi) is 5.03. The van der Waals surface area contributed by atoms with Gasteiger partial charge in [-0.1, -0.05) is 0 Å². The van der Waals surface area contributed by atoms with Crippen LogP contribution >= 0.6 is 0 Å². The number of anilines is 2. The second-order valence-electron chi connectivity index (χ2n) is 9.15. The molecule has 9 heteroatoms. The summed E-state index contributed by atoms with van der Waals surface area (Å²) in [6, 6.07) is 0.286. The van der Waals surface area contributed by atoms with Gasteiger partial charge in [-0.2, -0.15) is 13.8 Å². The van der Waals surface area contributed by atoms with Gasteiger partial charge in [-0.3, -0.25) is 4.79 Å². The normalized spacial score (nSPS) is 27.9. The van der Waals surface area contributed by atoms with Gasteiger partial charge in [-0.15, -0.1) is 0 Å². The van der Waals surface area contributed by atoms with Crippen molar-refractivity contribution in [3.05, 3.63) is 11.3 Å². The van der Waals surface area contributed by atoms with Crippen LogP contribution in [0.3, 0.4) is 0 Å². The third-order valence-electron chi connectivity index (χ3n) is 7.10. The minimum absolute atomic E-state index is 0.0815. The Morgan fingerprint density at radius 3 is 2.67 bits per heavy atom. The van der Waals surface area contributed by atoms with Gasteiger partial charge < -0.3 is 20.0 Å². The maximum Gasteiger partial charge on any atom is 0.290 e. The molecule has 3 saturated heterocycles. The van der Waals surface area contributed by atoms with Gasteiger partial charge >= 0.3 is 0 Å². The fourth-order valence-electron chi connectivity index (χ4n) is 5.08. The summed E-state index contributed by atoms with van der Waals surface area (Å²) in [4.78, 5) is 27.8. The Balaban J connectivity index is 1.34. The zero-order valence-electron chi connectivity index (χ0n) is 17.5. The molecule has 1 aliphatic carbocycles. The first-order chi connectivity index (χ1) is 14.4. The minimum Gasteiger partial charge on any atom is -0.356 e. The van der Waals surface area contributed by atoms with E-state index in [1.54, 1.807) is 0 Å². The largest absolute Gasteiger partial charge is 0.356 e. The highest BCUT2D eigenvalue weighted by atomic mass is 19.3. The molecule has 3 aliphatic heterocycles. The molecule has 4 heterocycles. The number of fused-ring (bicyclic) bond motifs is 1. The van der Waals surface area contributed by atoms with Crippen LogP contribution < -0.4 is 15.1 Å². The maximum atomic E-state index is 14.5. The lowest BCUT2D eigenvalue weighted by atomic mass is 10.0. The average molecular weight is 421 g/mol. The van der Waals surface area contributed by atoms with Crippen LogP contribution in [0.5, 0.6) is 0 Å². The van der Waals surface area contributed by atoms with Crippen molar-refractivity contribution in [1.29, 1.82) is 0 Å². The van der Waals surface area contributed by atoms with Gasteiger partial charge in [0.15, 0.2) is 0 Å². The topological polar surface area (TPSA) is 64.6 Å². The Bertz CT molecular complexity index is 828. The van der Waals surface area contributed by atoms with Crippen LogP contribution in [0.15, 0.2) is 0 Å². The summed E-state index contributed by atoms with van der Waals surface area (Å²) in [5, 5.41) is 3.27. The number of aromatic nitrogens is 2. The summed E-state index contributed by atoms with van der Waals surface area (Å²) >= 11 is 0. The summed E-state index contributed by atoms with van der Waals surface area (Å²) < 4.78 is 29.1. The molecule has 0 aromatic carbocycles. The predicted octanol–water partition coefficient (Wildman–Crippen LogP) is 1.76. The average Bonchev–Trinajstić information content (AvgIpc) is 3.31. The molecule has 3 fully saturated rings. The number of nitrogens with zero attached hydrogens (tertiary/aromatic N) is 5. The summed E-state index contributed by atoms with van der Waals surface area (Å²) in [6.07, 6.45) is 2.57. The molecular formula is C21H30F2N6O. The SMILES string of the molecule is CC1CCN1c1nc(N2CCC(CC(=O)N3CCNCC3)C2)c2c(n1)C(F)(F)CC2. The van der Waals surface area contributed by atoms with E-state index < -0.39 is 5.92 Å². The third kappa shape index (κ3) is 3.50. The van der Waals surface area contributed by atoms with Gasteiger partial charge in [0.05, 0.1) is 0 Å². The summed E-state index contributed by atoms with van der Waals surface area (Å²) in [7, 11) is 0. The molecule has 164 valence electrons. The molecule has 5 rings (SSSR count). The molecule has 1 amide bonds. The van der Waals surface area contributed by atoms with Gasteiger partial charge in [0.2, 0.25) is 11.9 Å². The molecule has 2 unspecified atom stereocenters. The van der Waals surface area contributed by atoms with Crippen molar-refractivity contribution in [2.24, 2.45) is 5.92 Å². The van der Waals surface area contributed by atoms with E-state index in [0.717, 1.165) is 52.1 Å². The van der Waals surface area contributed by atoms with Crippen LogP contribution in [0.1, 0.15) is 43.9 Å². The Morgan fingerprint density at radius 1 is 1.17 bits per heavy atom. The molecule has 0 spiro atoms. The van der Waals surface area contributed by atoms with Crippen molar-refractivity contribution in [3.63, 3.8) is 0 Å². The second kappa shape index (κ2) is 7.59. The molecule has 0 radical (unpaired) electrons. The number of carbonyl (C=O) groups excluding carboxylic acids is 1. The van der Waals surface area contributed by atoms with Crippen LogP contribution in [0.2, 0.25) is 0 Å². The van der Waals surface area contributed by atoms with E-state index in [-0.39, 0.29) is 30.0 Å². The van der Waals surface area contributed by atoms with E-state index in [0.29, 0.717) is 36.7 Å². The molecule has 7 nitrogen and oxygen atoms in total. The van der Waals surface area contributed by atoms with Crippen molar-refractivity contribution in [2.45, 2.75) is 51.0 Å². The van der Waals surface area contributed by atoms with E-state index in [1.165, 1.54) is 0 Å². The van der Waals surface area contributed by atoms with Crippen molar-refractivity contribution in [3.8, 4) is 0 Å². The molecule has 0 saturated carbocycles. The molecule has 4 aliphatic rings. The van der Waals surface area contributed by atoms with E-state index in [4.69, 9.17) is 4.98 Å². The van der Waals surface area contributed by atoms with E-state index >= 15 is 0 Å². The standard InChI is InChI=1S/C21H30F2N6O/c1-14-3-9-29(14)20-25-18-16(2-5-21(18,22)23)19(26-20)28-8-4-15(13-28)12-17(30)27-10-6-24-7-11-27/h14-15,24H,2-13H2,1H3. The second-order valence-corrected chi connectivity index (χ2v) is 9.15. The number of piperazine rings is 1. The minimum atomic E-state index is -2.88. The van der Waals surface area contributed by atoms with Crippen LogP contribution in [0, 0.1) is 5.92 Å². The van der Waals surface area contributed by atoms with Gasteiger partial charge in [-0.25, -0.2) is 4.98 Å². The highest BCUT2D eigenvalue weighted by Crippen LogP contribution is 2.45. The molecule has 1 aromatic heterocycles. The first-order valence-electron chi connectivity index (χ1n) is 11.2. The van der Waals surface area contributed by atoms with Crippen LogP contribution in [0.25, 0.3) is 0 Å². The Morgan fingerprint density at radius 2 is 1.97 bits per heavy atom. The van der Waals surface area contributed by atoms with Gasteiger partial charge in [0.1, 0.15) is 11.5 Å². The predicted molar refractivity (Wildman–Crippen MR) is 110 cm³/mol. The van der Waals surface area contributed by atoms with Crippen LogP contribution in [-0.4, -0.2) is 72.6 Å².